The van der Waals surface area contributed by atoms with Crippen molar-refractivity contribution in [2.75, 3.05) is 5.75 Å². The quantitative estimate of drug-likeness (QED) is 0.499. The number of hydrogen-bond donors (Lipinski definition) is 1. The fraction of sp³-hybridized carbons (Fsp3) is 0.364. The maximum atomic E-state index is 11.7. The van der Waals surface area contributed by atoms with Crippen LogP contribution in [0.5, 0.6) is 0 Å². The number of rotatable bonds is 6. The first-order chi connectivity index (χ1) is 8.68. The Hall–Kier alpha value is -1.34. The van der Waals surface area contributed by atoms with Crippen LogP contribution in [-0.2, 0) is 7.05 Å². The highest BCUT2D eigenvalue weighted by molar-refractivity contribution is 7.99. The maximum absolute atomic E-state index is 11.7. The molecule has 0 unspecified atom stereocenters. The summed E-state index contributed by atoms with van der Waals surface area (Å²) >= 11 is 2.95. The fourth-order valence-electron chi connectivity index (χ4n) is 1.42. The molecule has 0 aliphatic rings. The van der Waals surface area contributed by atoms with E-state index >= 15 is 0 Å². The van der Waals surface area contributed by atoms with E-state index in [-0.39, 0.29) is 11.5 Å². The molecule has 0 saturated carbocycles. The van der Waals surface area contributed by atoms with Crippen molar-refractivity contribution >= 4 is 28.9 Å². The Labute approximate surface area is 112 Å². The minimum Gasteiger partial charge on any atom is -0.293 e. The Morgan fingerprint density at radius 1 is 1.61 bits per heavy atom. The zero-order valence-electron chi connectivity index (χ0n) is 9.88. The molecule has 0 atom stereocenters. The van der Waals surface area contributed by atoms with Gasteiger partial charge in [-0.25, -0.2) is 9.89 Å². The largest absolute Gasteiger partial charge is 0.343 e. The monoisotopic (exact) mass is 283 g/mol. The third-order valence-electron chi connectivity index (χ3n) is 2.41. The zero-order valence-corrected chi connectivity index (χ0v) is 11.5. The van der Waals surface area contributed by atoms with Crippen molar-refractivity contribution in [1.29, 1.82) is 0 Å². The topological polar surface area (TPSA) is 67.8 Å². The molecule has 0 bridgehead atoms. The molecule has 96 valence electrons. The number of thiophene rings is 1. The summed E-state index contributed by atoms with van der Waals surface area (Å²) in [5.41, 5.74) is -0.216. The van der Waals surface area contributed by atoms with Gasteiger partial charge in [0.1, 0.15) is 0 Å². The molecule has 0 fully saturated rings. The SMILES string of the molecule is Cn1c(SCCCC(=O)c2cccs2)n[nH]c1=O. The van der Waals surface area contributed by atoms with Gasteiger partial charge in [0.2, 0.25) is 0 Å². The number of nitrogens with zero attached hydrogens (tertiary/aromatic N) is 2. The van der Waals surface area contributed by atoms with E-state index in [0.717, 1.165) is 17.1 Å². The molecular formula is C11H13N3O2S2. The summed E-state index contributed by atoms with van der Waals surface area (Å²) in [6, 6.07) is 3.73. The molecule has 1 N–H and O–H groups in total. The van der Waals surface area contributed by atoms with Gasteiger partial charge < -0.3 is 0 Å². The molecule has 0 saturated heterocycles. The molecule has 0 radical (unpaired) electrons. The number of hydrogen-bond acceptors (Lipinski definition) is 5. The van der Waals surface area contributed by atoms with Gasteiger partial charge >= 0.3 is 5.69 Å². The minimum absolute atomic E-state index is 0.182. The Balaban J connectivity index is 1.75. The summed E-state index contributed by atoms with van der Waals surface area (Å²) in [6.45, 7) is 0. The van der Waals surface area contributed by atoms with E-state index in [9.17, 15) is 9.59 Å². The van der Waals surface area contributed by atoms with Crippen LogP contribution in [0.25, 0.3) is 0 Å². The first-order valence-electron chi connectivity index (χ1n) is 5.49. The van der Waals surface area contributed by atoms with E-state index in [1.165, 1.54) is 27.7 Å². The number of thioether (sulfide) groups is 1. The molecule has 0 aromatic carbocycles. The first-order valence-corrected chi connectivity index (χ1v) is 7.36. The second kappa shape index (κ2) is 6.01. The number of Topliss-reactive ketones (excluding diaryl/α,β-unsaturated/α-hetero) is 1. The van der Waals surface area contributed by atoms with Gasteiger partial charge in [0, 0.05) is 19.2 Å². The lowest BCUT2D eigenvalue weighted by molar-refractivity contribution is 0.0986. The highest BCUT2D eigenvalue weighted by atomic mass is 32.2. The molecule has 0 amide bonds. The smallest absolute Gasteiger partial charge is 0.293 e. The Bertz CT molecular complexity index is 571. The Morgan fingerprint density at radius 3 is 3.06 bits per heavy atom. The van der Waals surface area contributed by atoms with Gasteiger partial charge in [-0.15, -0.1) is 16.4 Å². The average Bonchev–Trinajstić information content (AvgIpc) is 2.99. The fourth-order valence-corrected chi connectivity index (χ4v) is 2.97. The van der Waals surface area contributed by atoms with Crippen LogP contribution in [0.2, 0.25) is 0 Å². The number of carbonyl (C=O) groups excluding carboxylic acids is 1. The van der Waals surface area contributed by atoms with Gasteiger partial charge in [0.25, 0.3) is 0 Å². The van der Waals surface area contributed by atoms with Crippen LogP contribution in [-0.4, -0.2) is 26.3 Å². The third-order valence-corrected chi connectivity index (χ3v) is 4.44. The lowest BCUT2D eigenvalue weighted by atomic mass is 10.2. The predicted molar refractivity (Wildman–Crippen MR) is 72.4 cm³/mol. The summed E-state index contributed by atoms with van der Waals surface area (Å²) in [5, 5.41) is 8.83. The van der Waals surface area contributed by atoms with Crippen LogP contribution in [0, 0.1) is 0 Å². The number of H-pyrrole nitrogens is 1. The zero-order chi connectivity index (χ0) is 13.0. The van der Waals surface area contributed by atoms with E-state index in [1.807, 2.05) is 17.5 Å². The molecule has 2 heterocycles. The van der Waals surface area contributed by atoms with Crippen molar-refractivity contribution in [3.63, 3.8) is 0 Å². The normalized spacial score (nSPS) is 10.7. The molecule has 0 spiro atoms. The van der Waals surface area contributed by atoms with E-state index < -0.39 is 0 Å². The summed E-state index contributed by atoms with van der Waals surface area (Å²) < 4.78 is 1.46. The van der Waals surface area contributed by atoms with Crippen LogP contribution in [0.15, 0.2) is 27.5 Å². The maximum Gasteiger partial charge on any atom is 0.343 e. The molecule has 0 aliphatic heterocycles. The highest BCUT2D eigenvalue weighted by Crippen LogP contribution is 2.17. The van der Waals surface area contributed by atoms with Gasteiger partial charge in [0.15, 0.2) is 10.9 Å². The average molecular weight is 283 g/mol. The van der Waals surface area contributed by atoms with Crippen LogP contribution in [0.1, 0.15) is 22.5 Å². The van der Waals surface area contributed by atoms with Gasteiger partial charge in [-0.1, -0.05) is 17.8 Å². The molecule has 5 nitrogen and oxygen atoms in total. The number of carbonyl (C=O) groups is 1. The van der Waals surface area contributed by atoms with Crippen LogP contribution in [0.3, 0.4) is 0 Å². The number of aromatic nitrogens is 3. The van der Waals surface area contributed by atoms with Crippen LogP contribution in [0.4, 0.5) is 0 Å². The van der Waals surface area contributed by atoms with Crippen molar-refractivity contribution < 1.29 is 4.79 Å². The Morgan fingerprint density at radius 2 is 2.44 bits per heavy atom. The van der Waals surface area contributed by atoms with Gasteiger partial charge in [-0.05, 0) is 17.9 Å². The lowest BCUT2D eigenvalue weighted by Gasteiger charge is -1.99. The number of nitrogens with one attached hydrogen (secondary N) is 1. The van der Waals surface area contributed by atoms with Gasteiger partial charge in [-0.3, -0.25) is 9.36 Å². The molecule has 18 heavy (non-hydrogen) atoms. The lowest BCUT2D eigenvalue weighted by Crippen LogP contribution is -2.12. The summed E-state index contributed by atoms with van der Waals surface area (Å²) in [6.07, 6.45) is 1.31. The van der Waals surface area contributed by atoms with Crippen molar-refractivity contribution in [3.8, 4) is 0 Å². The van der Waals surface area contributed by atoms with E-state index in [2.05, 4.69) is 10.2 Å². The molecule has 2 rings (SSSR count). The number of ketones is 1. The van der Waals surface area contributed by atoms with Gasteiger partial charge in [0.05, 0.1) is 4.88 Å². The third kappa shape index (κ3) is 3.11. The standard InChI is InChI=1S/C11H13N3O2S2/c1-14-10(16)12-13-11(14)18-7-2-4-8(15)9-5-3-6-17-9/h3,5-6H,2,4,7H2,1H3,(H,12,16). The van der Waals surface area contributed by atoms with E-state index in [0.29, 0.717) is 11.6 Å². The molecular weight excluding hydrogens is 270 g/mol. The van der Waals surface area contributed by atoms with Gasteiger partial charge in [-0.2, -0.15) is 0 Å². The number of aromatic amines is 1. The van der Waals surface area contributed by atoms with Crippen molar-refractivity contribution in [2.45, 2.75) is 18.0 Å². The van der Waals surface area contributed by atoms with E-state index in [4.69, 9.17) is 0 Å². The van der Waals surface area contributed by atoms with Crippen molar-refractivity contribution in [3.05, 3.63) is 32.9 Å². The second-order valence-electron chi connectivity index (χ2n) is 3.72. The molecule has 7 heteroatoms. The van der Waals surface area contributed by atoms with E-state index in [1.54, 1.807) is 7.05 Å². The first kappa shape index (κ1) is 13.1. The highest BCUT2D eigenvalue weighted by Gasteiger charge is 2.08. The van der Waals surface area contributed by atoms with Crippen LogP contribution >= 0.6 is 23.1 Å². The minimum atomic E-state index is -0.216. The summed E-state index contributed by atoms with van der Waals surface area (Å²) in [4.78, 5) is 23.6. The van der Waals surface area contributed by atoms with Crippen LogP contribution < -0.4 is 5.69 Å². The summed E-state index contributed by atoms with van der Waals surface area (Å²) in [5.74, 6) is 0.955. The molecule has 2 aromatic heterocycles. The molecule has 0 aliphatic carbocycles. The van der Waals surface area contributed by atoms with Crippen molar-refractivity contribution in [2.24, 2.45) is 7.05 Å². The molecule has 2 aromatic rings. The second-order valence-corrected chi connectivity index (χ2v) is 5.73. The predicted octanol–water partition coefficient (Wildman–Crippen LogP) is 1.93. The van der Waals surface area contributed by atoms with Crippen molar-refractivity contribution in [1.82, 2.24) is 14.8 Å². The Kier molecular flexibility index (Phi) is 4.38. The summed E-state index contributed by atoms with van der Waals surface area (Å²) in [7, 11) is 1.67.